The zero-order chi connectivity index (χ0) is 15.4. The number of amides is 2. The van der Waals surface area contributed by atoms with Crippen LogP contribution in [0.25, 0.3) is 0 Å². The highest BCUT2D eigenvalue weighted by Gasteiger charge is 2.20. The molecule has 0 saturated heterocycles. The van der Waals surface area contributed by atoms with Gasteiger partial charge in [-0.3, -0.25) is 4.68 Å². The van der Waals surface area contributed by atoms with Gasteiger partial charge in [0.15, 0.2) is 0 Å². The second kappa shape index (κ2) is 6.96. The predicted octanol–water partition coefficient (Wildman–Crippen LogP) is 3.01. The van der Waals surface area contributed by atoms with E-state index in [9.17, 15) is 4.79 Å². The van der Waals surface area contributed by atoms with Gasteiger partial charge >= 0.3 is 6.03 Å². The molecule has 1 aliphatic carbocycles. The lowest BCUT2D eigenvalue weighted by Gasteiger charge is -2.28. The second-order valence-corrected chi connectivity index (χ2v) is 6.36. The molecule has 0 bridgehead atoms. The van der Waals surface area contributed by atoms with Crippen LogP contribution in [0.15, 0.2) is 6.20 Å². The van der Waals surface area contributed by atoms with Crippen LogP contribution >= 0.6 is 0 Å². The zero-order valence-corrected chi connectivity index (χ0v) is 13.7. The Labute approximate surface area is 127 Å². The van der Waals surface area contributed by atoms with Crippen molar-refractivity contribution in [1.82, 2.24) is 20.0 Å². The Morgan fingerprint density at radius 1 is 1.48 bits per heavy atom. The summed E-state index contributed by atoms with van der Waals surface area (Å²) in [5.74, 6) is 0.671. The molecule has 1 aromatic heterocycles. The summed E-state index contributed by atoms with van der Waals surface area (Å²) in [5.41, 5.74) is 2.18. The van der Waals surface area contributed by atoms with E-state index in [1.807, 2.05) is 43.7 Å². The van der Waals surface area contributed by atoms with E-state index in [4.69, 9.17) is 0 Å². The minimum Gasteiger partial charge on any atom is -0.331 e. The molecule has 1 heterocycles. The number of aryl methyl sites for hydroxylation is 1. The van der Waals surface area contributed by atoms with Gasteiger partial charge in [-0.25, -0.2) is 4.79 Å². The highest BCUT2D eigenvalue weighted by atomic mass is 16.2. The minimum atomic E-state index is -0.0139. The average Bonchev–Trinajstić information content (AvgIpc) is 2.80. The highest BCUT2D eigenvalue weighted by Crippen LogP contribution is 2.24. The van der Waals surface area contributed by atoms with Crippen molar-refractivity contribution in [3.63, 3.8) is 0 Å². The Balaban J connectivity index is 1.86. The van der Waals surface area contributed by atoms with Gasteiger partial charge in [0.1, 0.15) is 0 Å². The van der Waals surface area contributed by atoms with Crippen molar-refractivity contribution in [2.45, 2.75) is 52.0 Å². The molecule has 2 rings (SSSR count). The van der Waals surface area contributed by atoms with Crippen LogP contribution < -0.4 is 5.32 Å². The van der Waals surface area contributed by atoms with Gasteiger partial charge in [0.25, 0.3) is 0 Å². The van der Waals surface area contributed by atoms with E-state index in [1.165, 1.54) is 32.1 Å². The van der Waals surface area contributed by atoms with Crippen molar-refractivity contribution < 1.29 is 4.79 Å². The van der Waals surface area contributed by atoms with Crippen LogP contribution in [0.5, 0.6) is 0 Å². The summed E-state index contributed by atoms with van der Waals surface area (Å²) in [6, 6.07) is -0.00340. The highest BCUT2D eigenvalue weighted by molar-refractivity contribution is 5.74. The lowest BCUT2D eigenvalue weighted by atomic mass is 9.89. The summed E-state index contributed by atoms with van der Waals surface area (Å²) < 4.78 is 1.84. The molecule has 0 aliphatic heterocycles. The normalized spacial score (nSPS) is 17.5. The van der Waals surface area contributed by atoms with E-state index < -0.39 is 0 Å². The van der Waals surface area contributed by atoms with Gasteiger partial charge in [0, 0.05) is 31.9 Å². The van der Waals surface area contributed by atoms with Gasteiger partial charge < -0.3 is 10.2 Å². The molecule has 1 aliphatic rings. The van der Waals surface area contributed by atoms with Crippen molar-refractivity contribution >= 4 is 6.03 Å². The van der Waals surface area contributed by atoms with E-state index in [0.29, 0.717) is 5.92 Å². The minimum absolute atomic E-state index is 0.0105. The standard InChI is InChI=1S/C16H28N4O/c1-12(15-10-17-20(4)13(15)2)18-16(21)19(3)11-14-8-6-5-7-9-14/h10,12,14H,5-9,11H2,1-4H3,(H,18,21). The lowest BCUT2D eigenvalue weighted by molar-refractivity contribution is 0.189. The van der Waals surface area contributed by atoms with Crippen LogP contribution in [0.2, 0.25) is 0 Å². The number of aromatic nitrogens is 2. The summed E-state index contributed by atoms with van der Waals surface area (Å²) >= 11 is 0. The van der Waals surface area contributed by atoms with Gasteiger partial charge in [-0.05, 0) is 32.6 Å². The molecule has 1 aromatic rings. The Hall–Kier alpha value is -1.52. The molecule has 1 atom stereocenters. The third kappa shape index (κ3) is 3.99. The van der Waals surface area contributed by atoms with Crippen molar-refractivity contribution in [3.05, 3.63) is 17.5 Å². The van der Waals surface area contributed by atoms with E-state index >= 15 is 0 Å². The Kier molecular flexibility index (Phi) is 5.26. The molecule has 0 spiro atoms. The van der Waals surface area contributed by atoms with Crippen molar-refractivity contribution in [3.8, 4) is 0 Å². The first-order chi connectivity index (χ1) is 9.99. The molecule has 0 radical (unpaired) electrons. The molecule has 21 heavy (non-hydrogen) atoms. The first kappa shape index (κ1) is 15.9. The third-order valence-electron chi connectivity index (χ3n) is 4.68. The van der Waals surface area contributed by atoms with Crippen LogP contribution in [-0.2, 0) is 7.05 Å². The number of rotatable bonds is 4. The van der Waals surface area contributed by atoms with Gasteiger partial charge in [0.05, 0.1) is 12.2 Å². The Bertz CT molecular complexity index is 477. The van der Waals surface area contributed by atoms with E-state index in [1.54, 1.807) is 0 Å². The van der Waals surface area contributed by atoms with Gasteiger partial charge in [0.2, 0.25) is 0 Å². The maximum Gasteiger partial charge on any atom is 0.317 e. The fourth-order valence-electron chi connectivity index (χ4n) is 3.15. The van der Waals surface area contributed by atoms with Crippen LogP contribution in [-0.4, -0.2) is 34.3 Å². The molecule has 1 N–H and O–H groups in total. The van der Waals surface area contributed by atoms with Gasteiger partial charge in [-0.1, -0.05) is 19.3 Å². The van der Waals surface area contributed by atoms with E-state index in [-0.39, 0.29) is 12.1 Å². The summed E-state index contributed by atoms with van der Waals surface area (Å²) in [6.07, 6.45) is 8.33. The number of hydrogen-bond donors (Lipinski definition) is 1. The zero-order valence-electron chi connectivity index (χ0n) is 13.7. The number of carbonyl (C=O) groups is 1. The summed E-state index contributed by atoms with van der Waals surface area (Å²) in [4.78, 5) is 14.1. The molecule has 1 unspecified atom stereocenters. The molecule has 5 heteroatoms. The molecule has 1 saturated carbocycles. The number of urea groups is 1. The maximum absolute atomic E-state index is 12.3. The van der Waals surface area contributed by atoms with Crippen LogP contribution in [0.4, 0.5) is 4.79 Å². The number of nitrogens with one attached hydrogen (secondary N) is 1. The molecule has 0 aromatic carbocycles. The van der Waals surface area contributed by atoms with Crippen molar-refractivity contribution in [2.75, 3.05) is 13.6 Å². The fourth-order valence-corrected chi connectivity index (χ4v) is 3.15. The molecule has 1 fully saturated rings. The lowest BCUT2D eigenvalue weighted by Crippen LogP contribution is -2.41. The van der Waals surface area contributed by atoms with Crippen LogP contribution in [0.1, 0.15) is 56.3 Å². The van der Waals surface area contributed by atoms with Crippen LogP contribution in [0, 0.1) is 12.8 Å². The number of carbonyl (C=O) groups excluding carboxylic acids is 1. The molecule has 118 valence electrons. The number of nitrogens with zero attached hydrogens (tertiary/aromatic N) is 3. The van der Waals surface area contributed by atoms with Crippen molar-refractivity contribution in [2.24, 2.45) is 13.0 Å². The summed E-state index contributed by atoms with van der Waals surface area (Å²) in [7, 11) is 3.81. The summed E-state index contributed by atoms with van der Waals surface area (Å²) in [6.45, 7) is 4.90. The SMILES string of the molecule is Cc1c(C(C)NC(=O)N(C)CC2CCCCC2)cnn1C. The predicted molar refractivity (Wildman–Crippen MR) is 84.1 cm³/mol. The van der Waals surface area contributed by atoms with E-state index in [2.05, 4.69) is 10.4 Å². The summed E-state index contributed by atoms with van der Waals surface area (Å²) in [5, 5.41) is 7.31. The monoisotopic (exact) mass is 292 g/mol. The number of hydrogen-bond acceptors (Lipinski definition) is 2. The molecular weight excluding hydrogens is 264 g/mol. The van der Waals surface area contributed by atoms with E-state index in [0.717, 1.165) is 17.8 Å². The average molecular weight is 292 g/mol. The van der Waals surface area contributed by atoms with Crippen LogP contribution in [0.3, 0.4) is 0 Å². The molecule has 2 amide bonds. The maximum atomic E-state index is 12.3. The largest absolute Gasteiger partial charge is 0.331 e. The smallest absolute Gasteiger partial charge is 0.317 e. The van der Waals surface area contributed by atoms with Crippen molar-refractivity contribution in [1.29, 1.82) is 0 Å². The quantitative estimate of drug-likeness (QED) is 0.927. The van der Waals surface area contributed by atoms with Gasteiger partial charge in [-0.2, -0.15) is 5.10 Å². The van der Waals surface area contributed by atoms with Gasteiger partial charge in [-0.15, -0.1) is 0 Å². The Morgan fingerprint density at radius 2 is 2.14 bits per heavy atom. The second-order valence-electron chi connectivity index (χ2n) is 6.36. The molecular formula is C16H28N4O. The Morgan fingerprint density at radius 3 is 2.71 bits per heavy atom. The fraction of sp³-hybridized carbons (Fsp3) is 0.750. The topological polar surface area (TPSA) is 50.2 Å². The molecule has 5 nitrogen and oxygen atoms in total. The first-order valence-corrected chi connectivity index (χ1v) is 7.99. The third-order valence-corrected chi connectivity index (χ3v) is 4.68. The first-order valence-electron chi connectivity index (χ1n) is 7.99.